The predicted molar refractivity (Wildman–Crippen MR) is 167 cm³/mol. The third-order valence-corrected chi connectivity index (χ3v) is 8.25. The molecule has 2 heterocycles. The van der Waals surface area contributed by atoms with Crippen LogP contribution < -0.4 is 0 Å². The highest BCUT2D eigenvalue weighted by molar-refractivity contribution is 6.22. The van der Waals surface area contributed by atoms with Crippen LogP contribution in [0.15, 0.2) is 142 Å². The standard InChI is InChI=1S/C38H22O2/c1-2-10-26-23(9-1)17-18-25-22-35(40-38(25)26)37-30-14-5-3-12-28(30)36(29-13-4-6-15-31(29)37)24-19-20-34-32(21-24)27-11-7-8-16-33(27)39-34/h1-22H. The zero-order chi connectivity index (χ0) is 26.2. The lowest BCUT2D eigenvalue weighted by molar-refractivity contribution is 0.636. The largest absolute Gasteiger partial charge is 0.456 e. The third kappa shape index (κ3) is 2.99. The summed E-state index contributed by atoms with van der Waals surface area (Å²) >= 11 is 0. The average Bonchev–Trinajstić information content (AvgIpc) is 3.61. The Kier molecular flexibility index (Phi) is 4.36. The van der Waals surface area contributed by atoms with E-state index in [0.717, 1.165) is 49.6 Å². The van der Waals surface area contributed by atoms with Gasteiger partial charge in [-0.15, -0.1) is 0 Å². The molecule has 0 saturated heterocycles. The van der Waals surface area contributed by atoms with E-state index in [-0.39, 0.29) is 0 Å². The Labute approximate surface area is 229 Å². The third-order valence-electron chi connectivity index (χ3n) is 8.25. The molecule has 0 aliphatic carbocycles. The molecule has 0 N–H and O–H groups in total. The van der Waals surface area contributed by atoms with E-state index in [9.17, 15) is 0 Å². The van der Waals surface area contributed by atoms with Crippen LogP contribution in [0, 0.1) is 0 Å². The second kappa shape index (κ2) is 8.08. The minimum absolute atomic E-state index is 0.890. The van der Waals surface area contributed by atoms with E-state index in [1.807, 2.05) is 12.1 Å². The first-order valence-electron chi connectivity index (χ1n) is 13.6. The summed E-state index contributed by atoms with van der Waals surface area (Å²) in [6.45, 7) is 0. The van der Waals surface area contributed by atoms with Crippen LogP contribution in [0.25, 0.3) is 87.7 Å². The smallest absolute Gasteiger partial charge is 0.142 e. The molecule has 186 valence electrons. The van der Waals surface area contributed by atoms with Gasteiger partial charge in [0.15, 0.2) is 0 Å². The maximum Gasteiger partial charge on any atom is 0.142 e. The summed E-state index contributed by atoms with van der Waals surface area (Å²) < 4.78 is 12.9. The fourth-order valence-corrected chi connectivity index (χ4v) is 6.48. The van der Waals surface area contributed by atoms with Crippen LogP contribution in [0.3, 0.4) is 0 Å². The van der Waals surface area contributed by atoms with Crippen molar-refractivity contribution in [3.8, 4) is 22.5 Å². The molecule has 0 radical (unpaired) electrons. The minimum atomic E-state index is 0.890. The van der Waals surface area contributed by atoms with Crippen molar-refractivity contribution in [2.24, 2.45) is 0 Å². The molecule has 0 bridgehead atoms. The van der Waals surface area contributed by atoms with Crippen molar-refractivity contribution >= 4 is 65.2 Å². The molecule has 0 amide bonds. The van der Waals surface area contributed by atoms with Crippen LogP contribution in [0.1, 0.15) is 0 Å². The van der Waals surface area contributed by atoms with Gasteiger partial charge in [-0.25, -0.2) is 0 Å². The van der Waals surface area contributed by atoms with Crippen LogP contribution in [-0.2, 0) is 0 Å². The Morgan fingerprint density at radius 1 is 0.350 bits per heavy atom. The van der Waals surface area contributed by atoms with Gasteiger partial charge in [-0.1, -0.05) is 109 Å². The van der Waals surface area contributed by atoms with Crippen molar-refractivity contribution in [3.63, 3.8) is 0 Å². The zero-order valence-electron chi connectivity index (χ0n) is 21.5. The highest BCUT2D eigenvalue weighted by atomic mass is 16.3. The Balaban J connectivity index is 1.38. The summed E-state index contributed by atoms with van der Waals surface area (Å²) in [5.74, 6) is 0.890. The molecule has 2 aromatic heterocycles. The van der Waals surface area contributed by atoms with E-state index >= 15 is 0 Å². The first kappa shape index (κ1) is 21.6. The lowest BCUT2D eigenvalue weighted by Gasteiger charge is -2.16. The van der Waals surface area contributed by atoms with E-state index in [1.165, 1.54) is 38.1 Å². The summed E-state index contributed by atoms with van der Waals surface area (Å²) in [4.78, 5) is 0. The van der Waals surface area contributed by atoms with Crippen LogP contribution >= 0.6 is 0 Å². The number of para-hydroxylation sites is 1. The van der Waals surface area contributed by atoms with Crippen LogP contribution in [0.4, 0.5) is 0 Å². The van der Waals surface area contributed by atoms with Gasteiger partial charge < -0.3 is 8.83 Å². The summed E-state index contributed by atoms with van der Waals surface area (Å²) in [7, 11) is 0. The molecule has 2 nitrogen and oxygen atoms in total. The lowest BCUT2D eigenvalue weighted by Crippen LogP contribution is -1.90. The number of rotatable bonds is 2. The monoisotopic (exact) mass is 510 g/mol. The Morgan fingerprint density at radius 2 is 0.925 bits per heavy atom. The van der Waals surface area contributed by atoms with Gasteiger partial charge in [0.1, 0.15) is 22.5 Å². The lowest BCUT2D eigenvalue weighted by atomic mass is 9.87. The summed E-state index contributed by atoms with van der Waals surface area (Å²) in [6.07, 6.45) is 0. The second-order valence-electron chi connectivity index (χ2n) is 10.5. The quantitative estimate of drug-likeness (QED) is 0.216. The molecule has 9 rings (SSSR count). The van der Waals surface area contributed by atoms with E-state index in [2.05, 4.69) is 121 Å². The number of furan rings is 2. The predicted octanol–water partition coefficient (Wildman–Crippen LogP) is 11.1. The van der Waals surface area contributed by atoms with Gasteiger partial charge in [0, 0.05) is 27.1 Å². The van der Waals surface area contributed by atoms with Crippen molar-refractivity contribution in [2.75, 3.05) is 0 Å². The van der Waals surface area contributed by atoms with E-state index in [0.29, 0.717) is 0 Å². The molecular weight excluding hydrogens is 488 g/mol. The van der Waals surface area contributed by atoms with E-state index in [1.54, 1.807) is 0 Å². The average molecular weight is 511 g/mol. The first-order chi connectivity index (χ1) is 19.8. The van der Waals surface area contributed by atoms with Gasteiger partial charge in [0.2, 0.25) is 0 Å². The molecule has 40 heavy (non-hydrogen) atoms. The number of hydrogen-bond acceptors (Lipinski definition) is 2. The highest BCUT2D eigenvalue weighted by Gasteiger charge is 2.20. The van der Waals surface area contributed by atoms with Crippen molar-refractivity contribution in [3.05, 3.63) is 133 Å². The van der Waals surface area contributed by atoms with Gasteiger partial charge in [-0.05, 0) is 62.3 Å². The molecular formula is C38H22O2. The first-order valence-corrected chi connectivity index (χ1v) is 13.6. The Morgan fingerprint density at radius 3 is 1.68 bits per heavy atom. The molecule has 7 aromatic carbocycles. The van der Waals surface area contributed by atoms with Crippen molar-refractivity contribution < 1.29 is 8.83 Å². The van der Waals surface area contributed by atoms with Crippen molar-refractivity contribution in [1.82, 2.24) is 0 Å². The van der Waals surface area contributed by atoms with Gasteiger partial charge in [-0.2, -0.15) is 0 Å². The molecule has 9 aromatic rings. The van der Waals surface area contributed by atoms with E-state index < -0.39 is 0 Å². The van der Waals surface area contributed by atoms with Crippen LogP contribution in [0.5, 0.6) is 0 Å². The normalized spacial score (nSPS) is 12.0. The van der Waals surface area contributed by atoms with Gasteiger partial charge in [0.25, 0.3) is 0 Å². The topological polar surface area (TPSA) is 26.3 Å². The number of fused-ring (bicyclic) bond motifs is 8. The zero-order valence-corrected chi connectivity index (χ0v) is 21.5. The van der Waals surface area contributed by atoms with Gasteiger partial charge in [-0.3, -0.25) is 0 Å². The highest BCUT2D eigenvalue weighted by Crippen LogP contribution is 2.46. The fraction of sp³-hybridized carbons (Fsp3) is 0. The summed E-state index contributed by atoms with van der Waals surface area (Å²) in [6, 6.07) is 47.2. The van der Waals surface area contributed by atoms with Gasteiger partial charge in [0.05, 0.1) is 0 Å². The molecule has 0 unspecified atom stereocenters. The van der Waals surface area contributed by atoms with Crippen LogP contribution in [0.2, 0.25) is 0 Å². The maximum atomic E-state index is 6.71. The summed E-state index contributed by atoms with van der Waals surface area (Å²) in [5, 5.41) is 10.5. The molecule has 0 fully saturated rings. The molecule has 0 atom stereocenters. The van der Waals surface area contributed by atoms with Crippen molar-refractivity contribution in [2.45, 2.75) is 0 Å². The number of hydrogen-bond donors (Lipinski definition) is 0. The molecule has 0 spiro atoms. The Bertz CT molecular complexity index is 2310. The second-order valence-corrected chi connectivity index (χ2v) is 10.5. The molecule has 0 aliphatic rings. The molecule has 0 aliphatic heterocycles. The number of benzene rings is 7. The molecule has 0 saturated carbocycles. The van der Waals surface area contributed by atoms with Crippen molar-refractivity contribution in [1.29, 1.82) is 0 Å². The fourth-order valence-electron chi connectivity index (χ4n) is 6.48. The Hall–Kier alpha value is -5.34. The molecule has 2 heteroatoms. The van der Waals surface area contributed by atoms with Gasteiger partial charge >= 0.3 is 0 Å². The van der Waals surface area contributed by atoms with E-state index in [4.69, 9.17) is 8.83 Å². The maximum absolute atomic E-state index is 6.71. The summed E-state index contributed by atoms with van der Waals surface area (Å²) in [5.41, 5.74) is 6.28. The SMILES string of the molecule is c1ccc2c(c1)ccc1cc(-c3c4ccccc4c(-c4ccc5oc6ccccc6c5c4)c4ccccc34)oc12. The van der Waals surface area contributed by atoms with Crippen LogP contribution in [-0.4, -0.2) is 0 Å². The minimum Gasteiger partial charge on any atom is -0.456 e.